The SMILES string of the molecule is Cc1ccc(S(=O)(=O)N/N=C/c2cc(Cl)ccc2O)cc1. The van der Waals surface area contributed by atoms with Crippen molar-refractivity contribution in [1.82, 2.24) is 4.83 Å². The van der Waals surface area contributed by atoms with Gasteiger partial charge >= 0.3 is 0 Å². The van der Waals surface area contributed by atoms with Crippen LogP contribution < -0.4 is 4.83 Å². The highest BCUT2D eigenvalue weighted by Crippen LogP contribution is 2.19. The molecule has 5 nitrogen and oxygen atoms in total. The summed E-state index contributed by atoms with van der Waals surface area (Å²) >= 11 is 5.78. The Morgan fingerprint density at radius 3 is 2.52 bits per heavy atom. The van der Waals surface area contributed by atoms with Gasteiger partial charge in [0.15, 0.2) is 0 Å². The number of halogens is 1. The van der Waals surface area contributed by atoms with Gasteiger partial charge in [0, 0.05) is 10.6 Å². The first kappa shape index (κ1) is 15.3. The molecule has 0 radical (unpaired) electrons. The third-order valence-corrected chi connectivity index (χ3v) is 4.17. The van der Waals surface area contributed by atoms with Crippen LogP contribution in [0.4, 0.5) is 0 Å². The third-order valence-electron chi connectivity index (χ3n) is 2.70. The van der Waals surface area contributed by atoms with Gasteiger partial charge in [0.25, 0.3) is 10.0 Å². The van der Waals surface area contributed by atoms with Crippen LogP contribution in [0.15, 0.2) is 52.5 Å². The summed E-state index contributed by atoms with van der Waals surface area (Å²) in [4.78, 5) is 2.19. The molecular formula is C14H13ClN2O3S. The number of nitrogens with one attached hydrogen (secondary N) is 1. The van der Waals surface area contributed by atoms with Gasteiger partial charge in [-0.25, -0.2) is 4.83 Å². The van der Waals surface area contributed by atoms with E-state index in [1.165, 1.54) is 36.5 Å². The lowest BCUT2D eigenvalue weighted by atomic mass is 10.2. The second kappa shape index (κ2) is 6.15. The number of phenols is 1. The molecule has 0 aliphatic heterocycles. The smallest absolute Gasteiger partial charge is 0.276 e. The number of hydrazone groups is 1. The molecule has 0 amide bonds. The van der Waals surface area contributed by atoms with Crippen molar-refractivity contribution in [3.63, 3.8) is 0 Å². The van der Waals surface area contributed by atoms with E-state index in [2.05, 4.69) is 9.93 Å². The summed E-state index contributed by atoms with van der Waals surface area (Å²) in [5.74, 6) is -0.0438. The number of rotatable bonds is 4. The first-order valence-electron chi connectivity index (χ1n) is 5.98. The predicted octanol–water partition coefficient (Wildman–Crippen LogP) is 2.67. The van der Waals surface area contributed by atoms with E-state index < -0.39 is 10.0 Å². The van der Waals surface area contributed by atoms with Crippen molar-refractivity contribution in [2.75, 3.05) is 0 Å². The minimum Gasteiger partial charge on any atom is -0.507 e. The average Bonchev–Trinajstić information content (AvgIpc) is 2.43. The minimum atomic E-state index is -3.73. The topological polar surface area (TPSA) is 78.8 Å². The summed E-state index contributed by atoms with van der Waals surface area (Å²) < 4.78 is 23.9. The highest BCUT2D eigenvalue weighted by Gasteiger charge is 2.11. The second-order valence-corrected chi connectivity index (χ2v) is 6.47. The molecule has 0 saturated heterocycles. The van der Waals surface area contributed by atoms with Crippen LogP contribution in [0.25, 0.3) is 0 Å². The first-order chi connectivity index (χ1) is 9.88. The van der Waals surface area contributed by atoms with E-state index in [0.717, 1.165) is 5.56 Å². The molecule has 2 rings (SSSR count). The molecule has 0 aliphatic carbocycles. The van der Waals surface area contributed by atoms with Crippen LogP contribution in [0.3, 0.4) is 0 Å². The highest BCUT2D eigenvalue weighted by molar-refractivity contribution is 7.89. The second-order valence-electron chi connectivity index (χ2n) is 4.37. The van der Waals surface area contributed by atoms with E-state index in [1.54, 1.807) is 12.1 Å². The number of sulfonamides is 1. The average molecular weight is 325 g/mol. The molecular weight excluding hydrogens is 312 g/mol. The van der Waals surface area contributed by atoms with Gasteiger partial charge < -0.3 is 5.11 Å². The van der Waals surface area contributed by atoms with Crippen molar-refractivity contribution >= 4 is 27.8 Å². The quantitative estimate of drug-likeness (QED) is 0.670. The van der Waals surface area contributed by atoms with E-state index in [1.807, 2.05) is 6.92 Å². The maximum atomic E-state index is 12.0. The summed E-state index contributed by atoms with van der Waals surface area (Å²) in [6.07, 6.45) is 1.19. The van der Waals surface area contributed by atoms with Crippen molar-refractivity contribution < 1.29 is 13.5 Å². The molecule has 0 atom stereocenters. The zero-order chi connectivity index (χ0) is 15.5. The highest BCUT2D eigenvalue weighted by atomic mass is 35.5. The van der Waals surface area contributed by atoms with Crippen molar-refractivity contribution in [1.29, 1.82) is 0 Å². The van der Waals surface area contributed by atoms with Crippen LogP contribution in [0.1, 0.15) is 11.1 Å². The monoisotopic (exact) mass is 324 g/mol. The molecule has 0 bridgehead atoms. The van der Waals surface area contributed by atoms with E-state index in [9.17, 15) is 13.5 Å². The molecule has 7 heteroatoms. The Bertz CT molecular complexity index is 771. The molecule has 2 aromatic carbocycles. The standard InChI is InChI=1S/C14H13ClN2O3S/c1-10-2-5-13(6-3-10)21(19,20)17-16-9-11-8-12(15)4-7-14(11)18/h2-9,17-18H,1H3/b16-9+. The minimum absolute atomic E-state index is 0.0438. The Kier molecular flexibility index (Phi) is 4.50. The molecule has 0 aliphatic rings. The Morgan fingerprint density at radius 2 is 1.86 bits per heavy atom. The van der Waals surface area contributed by atoms with E-state index in [4.69, 9.17) is 11.6 Å². The van der Waals surface area contributed by atoms with Crippen LogP contribution in [0.2, 0.25) is 5.02 Å². The lowest BCUT2D eigenvalue weighted by Crippen LogP contribution is -2.18. The van der Waals surface area contributed by atoms with E-state index >= 15 is 0 Å². The molecule has 0 unspecified atom stereocenters. The first-order valence-corrected chi connectivity index (χ1v) is 7.85. The summed E-state index contributed by atoms with van der Waals surface area (Å²) in [7, 11) is -3.73. The Labute approximate surface area is 127 Å². The zero-order valence-electron chi connectivity index (χ0n) is 11.1. The van der Waals surface area contributed by atoms with Crippen molar-refractivity contribution in [3.8, 4) is 5.75 Å². The van der Waals surface area contributed by atoms with Gasteiger partial charge in [-0.05, 0) is 37.3 Å². The maximum absolute atomic E-state index is 12.0. The molecule has 110 valence electrons. The van der Waals surface area contributed by atoms with Gasteiger partial charge in [-0.15, -0.1) is 0 Å². The summed E-state index contributed by atoms with van der Waals surface area (Å²) in [5, 5.41) is 13.6. The van der Waals surface area contributed by atoms with Crippen LogP contribution in [-0.2, 0) is 10.0 Å². The fourth-order valence-electron chi connectivity index (χ4n) is 1.56. The largest absolute Gasteiger partial charge is 0.507 e. The third kappa shape index (κ3) is 3.96. The molecule has 0 fully saturated rings. The van der Waals surface area contributed by atoms with Crippen molar-refractivity contribution in [2.24, 2.45) is 5.10 Å². The fraction of sp³-hybridized carbons (Fsp3) is 0.0714. The van der Waals surface area contributed by atoms with E-state index in [0.29, 0.717) is 10.6 Å². The Hall–Kier alpha value is -2.05. The molecule has 0 spiro atoms. The number of benzene rings is 2. The van der Waals surface area contributed by atoms with Gasteiger partial charge in [-0.3, -0.25) is 0 Å². The van der Waals surface area contributed by atoms with E-state index in [-0.39, 0.29) is 10.6 Å². The fourth-order valence-corrected chi connectivity index (χ4v) is 2.54. The summed E-state index contributed by atoms with van der Waals surface area (Å²) in [6, 6.07) is 10.8. The number of hydrogen-bond acceptors (Lipinski definition) is 4. The molecule has 0 saturated carbocycles. The van der Waals surface area contributed by atoms with Crippen LogP contribution in [0.5, 0.6) is 5.75 Å². The zero-order valence-corrected chi connectivity index (χ0v) is 12.7. The molecule has 21 heavy (non-hydrogen) atoms. The van der Waals surface area contributed by atoms with Gasteiger partial charge in [-0.1, -0.05) is 29.3 Å². The number of aromatic hydroxyl groups is 1. The predicted molar refractivity (Wildman–Crippen MR) is 82.2 cm³/mol. The number of nitrogens with zero attached hydrogens (tertiary/aromatic N) is 1. The van der Waals surface area contributed by atoms with Gasteiger partial charge in [0.2, 0.25) is 0 Å². The van der Waals surface area contributed by atoms with Gasteiger partial charge in [0.1, 0.15) is 5.75 Å². The maximum Gasteiger partial charge on any atom is 0.276 e. The number of hydrogen-bond donors (Lipinski definition) is 2. The summed E-state index contributed by atoms with van der Waals surface area (Å²) in [6.45, 7) is 1.86. The van der Waals surface area contributed by atoms with Crippen molar-refractivity contribution in [2.45, 2.75) is 11.8 Å². The van der Waals surface area contributed by atoms with Crippen LogP contribution in [0, 0.1) is 6.92 Å². The molecule has 2 N–H and O–H groups in total. The molecule has 0 heterocycles. The number of aryl methyl sites for hydroxylation is 1. The lowest BCUT2D eigenvalue weighted by Gasteiger charge is -2.04. The van der Waals surface area contributed by atoms with Crippen LogP contribution in [-0.4, -0.2) is 19.7 Å². The normalized spacial score (nSPS) is 11.7. The lowest BCUT2D eigenvalue weighted by molar-refractivity contribution is 0.474. The Morgan fingerprint density at radius 1 is 1.19 bits per heavy atom. The molecule has 0 aromatic heterocycles. The van der Waals surface area contributed by atoms with Crippen LogP contribution >= 0.6 is 11.6 Å². The van der Waals surface area contributed by atoms with Crippen molar-refractivity contribution in [3.05, 3.63) is 58.6 Å². The number of phenolic OH excluding ortho intramolecular Hbond substituents is 1. The molecule has 2 aromatic rings. The van der Waals surface area contributed by atoms with Gasteiger partial charge in [0.05, 0.1) is 11.1 Å². The summed E-state index contributed by atoms with van der Waals surface area (Å²) in [5.41, 5.74) is 1.27. The Balaban J connectivity index is 2.16. The van der Waals surface area contributed by atoms with Gasteiger partial charge in [-0.2, -0.15) is 13.5 Å².